The minimum Gasteiger partial charge on any atom is -0.497 e. The van der Waals surface area contributed by atoms with E-state index in [9.17, 15) is 13.2 Å². The number of rotatable bonds is 7. The number of ether oxygens (including phenoxy) is 2. The molecule has 1 aliphatic carbocycles. The zero-order chi connectivity index (χ0) is 18.7. The van der Waals surface area contributed by atoms with E-state index in [1.165, 1.54) is 26.4 Å². The molecule has 0 radical (unpaired) electrons. The largest absolute Gasteiger partial charge is 0.497 e. The fourth-order valence-electron chi connectivity index (χ4n) is 2.40. The highest BCUT2D eigenvalue weighted by Gasteiger charge is 2.28. The van der Waals surface area contributed by atoms with Gasteiger partial charge in [-0.15, -0.1) is 0 Å². The maximum Gasteiger partial charge on any atom is 0.255 e. The molecule has 2 aromatic rings. The Kier molecular flexibility index (Phi) is 5.15. The Labute approximate surface area is 152 Å². The third-order valence-corrected chi connectivity index (χ3v) is 5.48. The van der Waals surface area contributed by atoms with Crippen molar-refractivity contribution in [1.82, 2.24) is 4.72 Å². The van der Waals surface area contributed by atoms with Gasteiger partial charge in [0.05, 0.1) is 24.8 Å². The smallest absolute Gasteiger partial charge is 0.255 e. The first-order valence-electron chi connectivity index (χ1n) is 8.09. The van der Waals surface area contributed by atoms with Crippen molar-refractivity contribution < 1.29 is 22.7 Å². The van der Waals surface area contributed by atoms with Gasteiger partial charge in [-0.2, -0.15) is 0 Å². The molecule has 0 unspecified atom stereocenters. The fraction of sp³-hybridized carbons (Fsp3) is 0.278. The predicted octanol–water partition coefficient (Wildman–Crippen LogP) is 2.40. The minimum absolute atomic E-state index is 0.00136. The SMILES string of the molecule is COc1ccc(OC)c(NC(=O)c2cccc(S(=O)(=O)NC3CC3)c2)c1. The summed E-state index contributed by atoms with van der Waals surface area (Å²) in [6.45, 7) is 0. The second-order valence-electron chi connectivity index (χ2n) is 5.94. The van der Waals surface area contributed by atoms with Crippen LogP contribution in [0.15, 0.2) is 47.4 Å². The van der Waals surface area contributed by atoms with Crippen LogP contribution < -0.4 is 19.5 Å². The van der Waals surface area contributed by atoms with E-state index < -0.39 is 15.9 Å². The van der Waals surface area contributed by atoms with E-state index in [2.05, 4.69) is 10.0 Å². The third-order valence-electron chi connectivity index (χ3n) is 3.96. The molecule has 1 saturated carbocycles. The first kappa shape index (κ1) is 18.2. The van der Waals surface area contributed by atoms with Crippen molar-refractivity contribution in [3.05, 3.63) is 48.0 Å². The summed E-state index contributed by atoms with van der Waals surface area (Å²) in [5.41, 5.74) is 0.662. The molecule has 0 saturated heterocycles. The molecule has 3 rings (SSSR count). The minimum atomic E-state index is -3.62. The Hall–Kier alpha value is -2.58. The summed E-state index contributed by atoms with van der Waals surface area (Å²) in [7, 11) is -0.607. The first-order valence-corrected chi connectivity index (χ1v) is 9.57. The summed E-state index contributed by atoms with van der Waals surface area (Å²) in [5, 5.41) is 2.73. The molecule has 0 heterocycles. The standard InChI is InChI=1S/C18H20N2O5S/c1-24-14-8-9-17(25-2)16(11-14)19-18(21)12-4-3-5-15(10-12)26(22,23)20-13-6-7-13/h3-5,8-11,13,20H,6-7H2,1-2H3,(H,19,21). The van der Waals surface area contributed by atoms with Crippen LogP contribution >= 0.6 is 0 Å². The zero-order valence-electron chi connectivity index (χ0n) is 14.5. The Balaban J connectivity index is 1.83. The summed E-state index contributed by atoms with van der Waals surface area (Å²) in [6, 6.07) is 10.9. The molecule has 0 aliphatic heterocycles. The van der Waals surface area contributed by atoms with Crippen LogP contribution in [0.5, 0.6) is 11.5 Å². The molecule has 0 spiro atoms. The molecule has 2 aromatic carbocycles. The molecule has 0 bridgehead atoms. The maximum atomic E-state index is 12.6. The van der Waals surface area contributed by atoms with Crippen molar-refractivity contribution in [2.24, 2.45) is 0 Å². The van der Waals surface area contributed by atoms with E-state index in [4.69, 9.17) is 9.47 Å². The van der Waals surface area contributed by atoms with Crippen LogP contribution in [0.25, 0.3) is 0 Å². The topological polar surface area (TPSA) is 93.7 Å². The van der Waals surface area contributed by atoms with E-state index in [0.717, 1.165) is 12.8 Å². The van der Waals surface area contributed by atoms with Gasteiger partial charge >= 0.3 is 0 Å². The van der Waals surface area contributed by atoms with Crippen molar-refractivity contribution in [2.75, 3.05) is 19.5 Å². The summed E-state index contributed by atoms with van der Waals surface area (Å²) in [6.07, 6.45) is 1.68. The number of hydrogen-bond donors (Lipinski definition) is 2. The lowest BCUT2D eigenvalue weighted by Crippen LogP contribution is -2.26. The van der Waals surface area contributed by atoms with Gasteiger partial charge in [-0.1, -0.05) is 6.07 Å². The Bertz CT molecular complexity index is 923. The van der Waals surface area contributed by atoms with Gasteiger partial charge in [0.2, 0.25) is 10.0 Å². The van der Waals surface area contributed by atoms with Gasteiger partial charge in [0.1, 0.15) is 11.5 Å². The second-order valence-corrected chi connectivity index (χ2v) is 7.66. The molecule has 0 atom stereocenters. The number of nitrogens with one attached hydrogen (secondary N) is 2. The van der Waals surface area contributed by atoms with Gasteiger partial charge in [0.25, 0.3) is 5.91 Å². The number of benzene rings is 2. The number of anilines is 1. The molecule has 0 aromatic heterocycles. The van der Waals surface area contributed by atoms with Crippen LogP contribution in [0.1, 0.15) is 23.2 Å². The van der Waals surface area contributed by atoms with E-state index in [-0.39, 0.29) is 16.5 Å². The molecule has 138 valence electrons. The van der Waals surface area contributed by atoms with Gasteiger partial charge < -0.3 is 14.8 Å². The predicted molar refractivity (Wildman–Crippen MR) is 97.3 cm³/mol. The van der Waals surface area contributed by atoms with Crippen molar-refractivity contribution >= 4 is 21.6 Å². The number of methoxy groups -OCH3 is 2. The summed E-state index contributed by atoms with van der Waals surface area (Å²) in [5.74, 6) is 0.587. The lowest BCUT2D eigenvalue weighted by atomic mass is 10.2. The van der Waals surface area contributed by atoms with E-state index >= 15 is 0 Å². The average Bonchev–Trinajstić information content (AvgIpc) is 3.45. The summed E-state index contributed by atoms with van der Waals surface area (Å²) >= 11 is 0. The van der Waals surface area contributed by atoms with Gasteiger partial charge in [-0.3, -0.25) is 4.79 Å². The second kappa shape index (κ2) is 7.35. The van der Waals surface area contributed by atoms with Crippen LogP contribution in [0.3, 0.4) is 0 Å². The van der Waals surface area contributed by atoms with Gasteiger partial charge in [0.15, 0.2) is 0 Å². The number of carbonyl (C=O) groups is 1. The Morgan fingerprint density at radius 1 is 1.08 bits per heavy atom. The summed E-state index contributed by atoms with van der Waals surface area (Å²) in [4.78, 5) is 12.6. The summed E-state index contributed by atoms with van der Waals surface area (Å²) < 4.78 is 37.6. The molecule has 7 nitrogen and oxygen atoms in total. The number of sulfonamides is 1. The van der Waals surface area contributed by atoms with Gasteiger partial charge in [-0.25, -0.2) is 13.1 Å². The van der Waals surface area contributed by atoms with Crippen LogP contribution in [-0.4, -0.2) is 34.6 Å². The highest BCUT2D eigenvalue weighted by atomic mass is 32.2. The number of hydrogen-bond acceptors (Lipinski definition) is 5. The molecule has 2 N–H and O–H groups in total. The molecule has 8 heteroatoms. The lowest BCUT2D eigenvalue weighted by Gasteiger charge is -2.12. The normalized spacial score (nSPS) is 13.9. The van der Waals surface area contributed by atoms with E-state index in [1.807, 2.05) is 0 Å². The Morgan fingerprint density at radius 2 is 1.85 bits per heavy atom. The number of amides is 1. The van der Waals surface area contributed by atoms with Crippen molar-refractivity contribution in [1.29, 1.82) is 0 Å². The van der Waals surface area contributed by atoms with Crippen molar-refractivity contribution in [2.45, 2.75) is 23.8 Å². The molecular formula is C18H20N2O5S. The molecule has 1 amide bonds. The lowest BCUT2D eigenvalue weighted by molar-refractivity contribution is 0.102. The van der Waals surface area contributed by atoms with E-state index in [0.29, 0.717) is 17.2 Å². The fourth-order valence-corrected chi connectivity index (χ4v) is 3.75. The highest BCUT2D eigenvalue weighted by Crippen LogP contribution is 2.29. The van der Waals surface area contributed by atoms with Crippen LogP contribution in [-0.2, 0) is 10.0 Å². The van der Waals surface area contributed by atoms with E-state index in [1.54, 1.807) is 30.3 Å². The maximum absolute atomic E-state index is 12.6. The van der Waals surface area contributed by atoms with Crippen LogP contribution in [0, 0.1) is 0 Å². The molecular weight excluding hydrogens is 356 g/mol. The Morgan fingerprint density at radius 3 is 2.50 bits per heavy atom. The van der Waals surface area contributed by atoms with Gasteiger partial charge in [0, 0.05) is 17.7 Å². The monoisotopic (exact) mass is 376 g/mol. The highest BCUT2D eigenvalue weighted by molar-refractivity contribution is 7.89. The van der Waals surface area contributed by atoms with Crippen molar-refractivity contribution in [3.8, 4) is 11.5 Å². The first-order chi connectivity index (χ1) is 12.4. The van der Waals surface area contributed by atoms with Crippen LogP contribution in [0.4, 0.5) is 5.69 Å². The van der Waals surface area contributed by atoms with Crippen LogP contribution in [0.2, 0.25) is 0 Å². The molecule has 1 fully saturated rings. The quantitative estimate of drug-likeness (QED) is 0.774. The molecule has 1 aliphatic rings. The zero-order valence-corrected chi connectivity index (χ0v) is 15.3. The molecule has 26 heavy (non-hydrogen) atoms. The van der Waals surface area contributed by atoms with Gasteiger partial charge in [-0.05, 0) is 43.2 Å². The average molecular weight is 376 g/mol. The van der Waals surface area contributed by atoms with Crippen molar-refractivity contribution in [3.63, 3.8) is 0 Å². The number of carbonyl (C=O) groups excluding carboxylic acids is 1. The third kappa shape index (κ3) is 4.14.